The molecule has 0 saturated carbocycles. The zero-order valence-electron chi connectivity index (χ0n) is 11.8. The Morgan fingerprint density at radius 2 is 1.76 bits per heavy atom. The molecule has 1 amide bonds. The second kappa shape index (κ2) is 6.23. The minimum absolute atomic E-state index is 0.0824. The van der Waals surface area contributed by atoms with Crippen LogP contribution in [0.3, 0.4) is 0 Å². The van der Waals surface area contributed by atoms with Crippen LogP contribution in [0.5, 0.6) is 0 Å². The van der Waals surface area contributed by atoms with Gasteiger partial charge in [0.15, 0.2) is 0 Å². The molecule has 0 saturated heterocycles. The van der Waals surface area contributed by atoms with Crippen LogP contribution in [-0.4, -0.2) is 31.9 Å². The molecule has 8 heteroatoms. The minimum atomic E-state index is -3.64. The number of rotatable bonds is 7. The molecule has 0 aromatic heterocycles. The third kappa shape index (κ3) is 5.16. The van der Waals surface area contributed by atoms with Crippen molar-refractivity contribution in [1.29, 1.82) is 0 Å². The molecule has 0 atom stereocenters. The van der Waals surface area contributed by atoms with Gasteiger partial charge in [-0.05, 0) is 31.5 Å². The van der Waals surface area contributed by atoms with E-state index in [1.807, 2.05) is 0 Å². The van der Waals surface area contributed by atoms with Crippen molar-refractivity contribution in [2.45, 2.75) is 19.6 Å². The maximum Gasteiger partial charge on any atom is 0.335 e. The highest BCUT2D eigenvalue weighted by atomic mass is 32.2. The summed E-state index contributed by atoms with van der Waals surface area (Å²) in [7, 11) is -3.64. The lowest BCUT2D eigenvalue weighted by Gasteiger charge is -2.20. The zero-order valence-corrected chi connectivity index (χ0v) is 12.6. The van der Waals surface area contributed by atoms with Crippen LogP contribution in [0.15, 0.2) is 24.3 Å². The van der Waals surface area contributed by atoms with Gasteiger partial charge in [-0.25, -0.2) is 17.9 Å². The van der Waals surface area contributed by atoms with Gasteiger partial charge in [-0.2, -0.15) is 0 Å². The van der Waals surface area contributed by atoms with E-state index in [1.165, 1.54) is 24.3 Å². The van der Waals surface area contributed by atoms with E-state index in [0.717, 1.165) is 0 Å². The molecule has 7 nitrogen and oxygen atoms in total. The van der Waals surface area contributed by atoms with E-state index in [-0.39, 0.29) is 17.9 Å². The fourth-order valence-electron chi connectivity index (χ4n) is 1.39. The molecule has 0 radical (unpaired) electrons. The molecule has 1 rings (SSSR count). The Kier molecular flexibility index (Phi) is 5.08. The predicted octanol–water partition coefficient (Wildman–Crippen LogP) is 0.316. The smallest absolute Gasteiger partial charge is 0.335 e. The molecule has 1 aromatic rings. The molecule has 116 valence electrons. The lowest BCUT2D eigenvalue weighted by atomic mass is 9.93. The van der Waals surface area contributed by atoms with Crippen molar-refractivity contribution in [3.63, 3.8) is 0 Å². The lowest BCUT2D eigenvalue weighted by molar-refractivity contribution is -0.125. The Morgan fingerprint density at radius 1 is 1.24 bits per heavy atom. The van der Waals surface area contributed by atoms with Crippen LogP contribution < -0.4 is 10.5 Å². The van der Waals surface area contributed by atoms with E-state index in [1.54, 1.807) is 13.8 Å². The highest BCUT2D eigenvalue weighted by molar-refractivity contribution is 7.88. The number of nitrogens with two attached hydrogens (primary N) is 1. The second-order valence-corrected chi connectivity index (χ2v) is 7.14. The molecule has 0 bridgehead atoms. The SMILES string of the molecule is CC(C)(CNS(=O)(=O)Cc1ccc(C(=O)O)cc1)C(N)=O. The number of hydrogen-bond donors (Lipinski definition) is 3. The van der Waals surface area contributed by atoms with Crippen molar-refractivity contribution in [2.24, 2.45) is 11.1 Å². The highest BCUT2D eigenvalue weighted by Gasteiger charge is 2.27. The van der Waals surface area contributed by atoms with Crippen LogP contribution in [0.1, 0.15) is 29.8 Å². The average molecular weight is 314 g/mol. The summed E-state index contributed by atoms with van der Waals surface area (Å²) < 4.78 is 26.1. The first-order chi connectivity index (χ1) is 9.53. The molecule has 0 spiro atoms. The Bertz CT molecular complexity index is 635. The average Bonchev–Trinajstić information content (AvgIpc) is 2.37. The molecule has 0 aliphatic rings. The van der Waals surface area contributed by atoms with Gasteiger partial charge < -0.3 is 10.8 Å². The molecular formula is C13H18N2O5S. The molecular weight excluding hydrogens is 296 g/mol. The first kappa shape index (κ1) is 17.1. The van der Waals surface area contributed by atoms with E-state index in [9.17, 15) is 18.0 Å². The number of carbonyl (C=O) groups excluding carboxylic acids is 1. The van der Waals surface area contributed by atoms with Crippen LogP contribution >= 0.6 is 0 Å². The van der Waals surface area contributed by atoms with Crippen molar-refractivity contribution in [3.05, 3.63) is 35.4 Å². The molecule has 0 unspecified atom stereocenters. The van der Waals surface area contributed by atoms with E-state index in [4.69, 9.17) is 10.8 Å². The number of carbonyl (C=O) groups is 2. The minimum Gasteiger partial charge on any atom is -0.478 e. The Labute approximate surface area is 123 Å². The van der Waals surface area contributed by atoms with Gasteiger partial charge in [0.25, 0.3) is 0 Å². The van der Waals surface area contributed by atoms with Crippen LogP contribution in [0.4, 0.5) is 0 Å². The Hall–Kier alpha value is -1.93. The van der Waals surface area contributed by atoms with Crippen LogP contribution in [0.25, 0.3) is 0 Å². The standard InChI is InChI=1S/C13H18N2O5S/c1-13(2,12(14)18)8-15-21(19,20)7-9-3-5-10(6-4-9)11(16)17/h3-6,15H,7-8H2,1-2H3,(H2,14,18)(H,16,17). The molecule has 0 fully saturated rings. The number of amides is 1. The second-order valence-electron chi connectivity index (χ2n) is 5.33. The summed E-state index contributed by atoms with van der Waals surface area (Å²) >= 11 is 0. The maximum absolute atomic E-state index is 11.9. The number of nitrogens with one attached hydrogen (secondary N) is 1. The van der Waals surface area contributed by atoms with Gasteiger partial charge >= 0.3 is 5.97 Å². The van der Waals surface area contributed by atoms with Gasteiger partial charge in [0.05, 0.1) is 16.7 Å². The van der Waals surface area contributed by atoms with Crippen molar-refractivity contribution in [2.75, 3.05) is 6.54 Å². The molecule has 0 aliphatic heterocycles. The number of benzene rings is 1. The van der Waals surface area contributed by atoms with Crippen molar-refractivity contribution in [3.8, 4) is 0 Å². The monoisotopic (exact) mass is 314 g/mol. The van der Waals surface area contributed by atoms with Gasteiger partial charge in [-0.1, -0.05) is 12.1 Å². The van der Waals surface area contributed by atoms with Crippen molar-refractivity contribution >= 4 is 21.9 Å². The number of hydrogen-bond acceptors (Lipinski definition) is 4. The summed E-state index contributed by atoms with van der Waals surface area (Å²) in [6.07, 6.45) is 0. The van der Waals surface area contributed by atoms with E-state index < -0.39 is 27.3 Å². The summed E-state index contributed by atoms with van der Waals surface area (Å²) in [5.74, 6) is -1.98. The molecule has 1 aromatic carbocycles. The normalized spacial score (nSPS) is 12.1. The number of primary amides is 1. The Morgan fingerprint density at radius 3 is 2.19 bits per heavy atom. The van der Waals surface area contributed by atoms with Gasteiger partial charge in [-0.15, -0.1) is 0 Å². The molecule has 0 aliphatic carbocycles. The fourth-order valence-corrected chi connectivity index (χ4v) is 2.71. The quantitative estimate of drug-likeness (QED) is 0.668. The van der Waals surface area contributed by atoms with Crippen LogP contribution in [0.2, 0.25) is 0 Å². The third-order valence-corrected chi connectivity index (χ3v) is 4.26. The number of carboxylic acids is 1. The van der Waals surface area contributed by atoms with E-state index >= 15 is 0 Å². The summed E-state index contributed by atoms with van der Waals surface area (Å²) in [5.41, 5.74) is 4.71. The van der Waals surface area contributed by atoms with Crippen LogP contribution in [-0.2, 0) is 20.6 Å². The van der Waals surface area contributed by atoms with Crippen LogP contribution in [0, 0.1) is 5.41 Å². The van der Waals surface area contributed by atoms with E-state index in [2.05, 4.69) is 4.72 Å². The summed E-state index contributed by atoms with van der Waals surface area (Å²) in [6.45, 7) is 2.98. The predicted molar refractivity (Wildman–Crippen MR) is 77.0 cm³/mol. The maximum atomic E-state index is 11.9. The largest absolute Gasteiger partial charge is 0.478 e. The van der Waals surface area contributed by atoms with Crippen molar-refractivity contribution in [1.82, 2.24) is 4.72 Å². The van der Waals surface area contributed by atoms with Crippen molar-refractivity contribution < 1.29 is 23.1 Å². The summed E-state index contributed by atoms with van der Waals surface area (Å²) in [4.78, 5) is 21.8. The topological polar surface area (TPSA) is 127 Å². The van der Waals surface area contributed by atoms with Gasteiger partial charge in [0.2, 0.25) is 15.9 Å². The third-order valence-electron chi connectivity index (χ3n) is 2.96. The number of aromatic carboxylic acids is 1. The lowest BCUT2D eigenvalue weighted by Crippen LogP contribution is -2.42. The zero-order chi connectivity index (χ0) is 16.3. The Balaban J connectivity index is 2.72. The molecule has 4 N–H and O–H groups in total. The number of sulfonamides is 1. The van der Waals surface area contributed by atoms with Gasteiger partial charge in [0.1, 0.15) is 0 Å². The first-order valence-corrected chi connectivity index (χ1v) is 7.78. The highest BCUT2D eigenvalue weighted by Crippen LogP contribution is 2.14. The van der Waals surface area contributed by atoms with Gasteiger partial charge in [0, 0.05) is 6.54 Å². The summed E-state index contributed by atoms with van der Waals surface area (Å²) in [6, 6.07) is 5.53. The number of carboxylic acid groups (broad SMARTS) is 1. The fraction of sp³-hybridized carbons (Fsp3) is 0.385. The molecule has 0 heterocycles. The molecule has 21 heavy (non-hydrogen) atoms. The van der Waals surface area contributed by atoms with E-state index in [0.29, 0.717) is 5.56 Å². The van der Waals surface area contributed by atoms with Gasteiger partial charge in [-0.3, -0.25) is 4.79 Å². The summed E-state index contributed by atoms with van der Waals surface area (Å²) in [5, 5.41) is 8.76. The first-order valence-electron chi connectivity index (χ1n) is 6.13.